The Morgan fingerprint density at radius 2 is 0.815 bits per heavy atom. The lowest BCUT2D eigenvalue weighted by atomic mass is 9.89. The normalized spacial score (nSPS) is 11.9. The molecule has 10 rings (SSSR count). The third-order valence-electron chi connectivity index (χ3n) is 10.5. The van der Waals surface area contributed by atoms with E-state index in [0.717, 1.165) is 11.3 Å². The van der Waals surface area contributed by atoms with Crippen molar-refractivity contribution in [1.29, 1.82) is 0 Å². The third-order valence-corrected chi connectivity index (χ3v) is 13.9. The minimum absolute atomic E-state index is 1.06. The molecule has 0 saturated carbocycles. The van der Waals surface area contributed by atoms with Crippen molar-refractivity contribution in [3.63, 3.8) is 0 Å². The summed E-state index contributed by atoms with van der Waals surface area (Å²) >= 11 is 0. The van der Waals surface area contributed by atoms with Gasteiger partial charge in [0.25, 0.3) is 0 Å². The maximum atomic E-state index is 4.12. The largest absolute Gasteiger partial charge is 0.309 e. The summed E-state index contributed by atoms with van der Waals surface area (Å²) < 4.78 is 2.38. The second-order valence-electron chi connectivity index (χ2n) is 13.5. The van der Waals surface area contributed by atoms with Crippen molar-refractivity contribution in [2.45, 2.75) is 14.7 Å². The molecule has 1 aromatic heterocycles. The molecule has 0 fully saturated rings. The van der Waals surface area contributed by atoms with E-state index in [1.165, 1.54) is 69.2 Å². The van der Waals surface area contributed by atoms with Crippen LogP contribution in [0.15, 0.2) is 227 Å². The molecule has 2 heteroatoms. The summed E-state index contributed by atoms with van der Waals surface area (Å²) in [4.78, 5) is 3.64. The fraction of sp³-hybridized carbons (Fsp3) is 0. The van der Waals surface area contributed by atoms with Gasteiger partial charge < -0.3 is 4.57 Å². The predicted molar refractivity (Wildman–Crippen MR) is 230 cm³/mol. The van der Waals surface area contributed by atoms with Crippen molar-refractivity contribution in [3.8, 4) is 28.0 Å². The minimum Gasteiger partial charge on any atom is -0.309 e. The molecule has 54 heavy (non-hydrogen) atoms. The van der Waals surface area contributed by atoms with Gasteiger partial charge in [0.05, 0.1) is 11.0 Å². The summed E-state index contributed by atoms with van der Waals surface area (Å²) in [5.74, 6) is 3.94. The van der Waals surface area contributed by atoms with Crippen LogP contribution in [0.4, 0.5) is 0 Å². The van der Waals surface area contributed by atoms with E-state index in [9.17, 15) is 0 Å². The highest BCUT2D eigenvalue weighted by molar-refractivity contribution is 8.37. The van der Waals surface area contributed by atoms with Gasteiger partial charge in [0.2, 0.25) is 0 Å². The number of nitrogens with zero attached hydrogens (tertiary/aromatic N) is 1. The average molecular weight is 706 g/mol. The first kappa shape index (κ1) is 31.9. The van der Waals surface area contributed by atoms with Gasteiger partial charge >= 0.3 is 0 Å². The van der Waals surface area contributed by atoms with Gasteiger partial charge in [-0.2, -0.15) is 0 Å². The fourth-order valence-electron chi connectivity index (χ4n) is 8.14. The van der Waals surface area contributed by atoms with Crippen molar-refractivity contribution in [3.05, 3.63) is 218 Å². The molecular formula is C52H35NS. The molecule has 1 nitrogen and oxygen atoms in total. The van der Waals surface area contributed by atoms with Crippen molar-refractivity contribution >= 4 is 53.4 Å². The number of fused-ring (bicyclic) bond motifs is 5. The van der Waals surface area contributed by atoms with E-state index < -0.39 is 10.0 Å². The Kier molecular flexibility index (Phi) is 7.87. The molecule has 0 saturated heterocycles. The van der Waals surface area contributed by atoms with Crippen LogP contribution in [0.3, 0.4) is 0 Å². The number of aromatic nitrogens is 1. The molecule has 0 aliphatic rings. The van der Waals surface area contributed by atoms with E-state index in [0.29, 0.717) is 0 Å². The molecule has 0 amide bonds. The van der Waals surface area contributed by atoms with E-state index in [-0.39, 0.29) is 0 Å². The Morgan fingerprint density at radius 1 is 0.352 bits per heavy atom. The first-order valence-corrected chi connectivity index (χ1v) is 20.0. The van der Waals surface area contributed by atoms with Gasteiger partial charge in [-0.25, -0.2) is 0 Å². The molecule has 0 aliphatic carbocycles. The molecule has 0 unspecified atom stereocenters. The van der Waals surface area contributed by atoms with Gasteiger partial charge in [-0.1, -0.05) is 168 Å². The number of benzene rings is 9. The zero-order valence-corrected chi connectivity index (χ0v) is 30.4. The van der Waals surface area contributed by atoms with E-state index in [2.05, 4.69) is 228 Å². The molecule has 254 valence electrons. The lowest BCUT2D eigenvalue weighted by Crippen LogP contribution is -2.02. The molecule has 0 N–H and O–H groups in total. The number of hydrogen-bond acceptors (Lipinski definition) is 0. The summed E-state index contributed by atoms with van der Waals surface area (Å²) in [5.41, 5.74) is 7.05. The van der Waals surface area contributed by atoms with Gasteiger partial charge in [0.15, 0.2) is 0 Å². The standard InChI is InChI=1S/C52H35NS/c1-5-19-38(20-6-1)52-47-30-15-13-27-43(47)45(44-28-14-16-31-48(44)52)35-36-54(40-23-9-3-10-24-40,41-25-11-4-12-26-41)42-33-34-51-49(37-42)46-29-17-18-32-50(46)53(51)39-21-7-2-8-22-39/h1-34,37H. The molecule has 10 aromatic rings. The van der Waals surface area contributed by atoms with Crippen LogP contribution < -0.4 is 0 Å². The molecule has 0 spiro atoms. The Balaban J connectivity index is 1.30. The smallest absolute Gasteiger partial charge is 0.0541 e. The molecule has 9 aromatic carbocycles. The lowest BCUT2D eigenvalue weighted by molar-refractivity contribution is 1.18. The first-order valence-electron chi connectivity index (χ1n) is 18.4. The summed E-state index contributed by atoms with van der Waals surface area (Å²) in [5, 5.41) is 11.3. The molecule has 0 bridgehead atoms. The highest BCUT2D eigenvalue weighted by atomic mass is 32.3. The van der Waals surface area contributed by atoms with Gasteiger partial charge in [-0.05, 0) is 98.6 Å². The molecule has 1 heterocycles. The van der Waals surface area contributed by atoms with Gasteiger partial charge in [0.1, 0.15) is 0 Å². The van der Waals surface area contributed by atoms with Crippen LogP contribution in [0.1, 0.15) is 5.56 Å². The zero-order chi connectivity index (χ0) is 35.9. The summed E-state index contributed by atoms with van der Waals surface area (Å²) in [6.45, 7) is 0. The summed E-state index contributed by atoms with van der Waals surface area (Å²) in [6, 6.07) is 76.7. The predicted octanol–water partition coefficient (Wildman–Crippen LogP) is 14.0. The molecular weight excluding hydrogens is 671 g/mol. The highest BCUT2D eigenvalue weighted by Gasteiger charge is 2.31. The second kappa shape index (κ2) is 13.3. The van der Waals surface area contributed by atoms with E-state index >= 15 is 0 Å². The maximum Gasteiger partial charge on any atom is 0.0541 e. The fourth-order valence-corrected chi connectivity index (χ4v) is 11.3. The van der Waals surface area contributed by atoms with Crippen LogP contribution >= 0.6 is 10.0 Å². The first-order chi connectivity index (χ1) is 26.8. The van der Waals surface area contributed by atoms with Crippen LogP contribution in [0.2, 0.25) is 0 Å². The molecule has 0 atom stereocenters. The quantitative estimate of drug-likeness (QED) is 0.124. The number of hydrogen-bond donors (Lipinski definition) is 0. The SMILES string of the molecule is C(#CS(c1ccccc1)(c1ccccc1)c1ccc2c(c1)c1ccccc1n2-c1ccccc1)c1c2ccccc2c(-c2ccccc2)c2ccccc12. The van der Waals surface area contributed by atoms with E-state index in [1.54, 1.807) is 0 Å². The van der Waals surface area contributed by atoms with Gasteiger partial charge in [-0.3, -0.25) is 0 Å². The van der Waals surface area contributed by atoms with Crippen LogP contribution in [0.25, 0.3) is 60.2 Å². The van der Waals surface area contributed by atoms with Crippen molar-refractivity contribution in [2.75, 3.05) is 0 Å². The van der Waals surface area contributed by atoms with Crippen LogP contribution in [-0.2, 0) is 0 Å². The van der Waals surface area contributed by atoms with Crippen molar-refractivity contribution in [1.82, 2.24) is 4.57 Å². The van der Waals surface area contributed by atoms with E-state index in [1.807, 2.05) is 0 Å². The molecule has 0 aliphatic heterocycles. The molecule has 0 radical (unpaired) electrons. The summed E-state index contributed by atoms with van der Waals surface area (Å²) in [6.07, 6.45) is 0. The zero-order valence-electron chi connectivity index (χ0n) is 29.6. The third kappa shape index (κ3) is 5.13. The Labute approximate surface area is 317 Å². The topological polar surface area (TPSA) is 4.93 Å². The Morgan fingerprint density at radius 3 is 1.41 bits per heavy atom. The van der Waals surface area contributed by atoms with Crippen molar-refractivity contribution < 1.29 is 0 Å². The van der Waals surface area contributed by atoms with Gasteiger partial charge in [-0.15, -0.1) is 0 Å². The lowest BCUT2D eigenvalue weighted by Gasteiger charge is -2.36. The maximum absolute atomic E-state index is 4.12. The average Bonchev–Trinajstić information content (AvgIpc) is 3.59. The Bertz CT molecular complexity index is 2930. The monoisotopic (exact) mass is 705 g/mol. The van der Waals surface area contributed by atoms with Crippen molar-refractivity contribution in [2.24, 2.45) is 0 Å². The van der Waals surface area contributed by atoms with Crippen LogP contribution in [-0.4, -0.2) is 4.57 Å². The van der Waals surface area contributed by atoms with Crippen LogP contribution in [0, 0.1) is 11.2 Å². The van der Waals surface area contributed by atoms with E-state index in [4.69, 9.17) is 0 Å². The number of para-hydroxylation sites is 2. The van der Waals surface area contributed by atoms with Crippen LogP contribution in [0.5, 0.6) is 0 Å². The highest BCUT2D eigenvalue weighted by Crippen LogP contribution is 2.68. The van der Waals surface area contributed by atoms with Gasteiger partial charge in [0, 0.05) is 36.7 Å². The number of rotatable bonds is 5. The summed E-state index contributed by atoms with van der Waals surface area (Å²) in [7, 11) is -2.12. The Hall–Kier alpha value is -6.79. The minimum atomic E-state index is -2.12. The second-order valence-corrected chi connectivity index (χ2v) is 16.4.